The van der Waals surface area contributed by atoms with Gasteiger partial charge in [0.15, 0.2) is 0 Å². The molecule has 0 aromatic heterocycles. The van der Waals surface area contributed by atoms with E-state index < -0.39 is 5.91 Å². The number of amides is 2. The van der Waals surface area contributed by atoms with Crippen molar-refractivity contribution in [3.05, 3.63) is 58.6 Å². The second kappa shape index (κ2) is 11.7. The summed E-state index contributed by atoms with van der Waals surface area (Å²) in [6.07, 6.45) is 2.06. The number of nitrogen functional groups attached to an aromatic ring is 1. The van der Waals surface area contributed by atoms with Crippen LogP contribution in [0.2, 0.25) is 5.02 Å². The molecule has 0 aliphatic carbocycles. The van der Waals surface area contributed by atoms with Crippen molar-refractivity contribution < 1.29 is 14.3 Å². The number of nitrogens with two attached hydrogens (primary N) is 1. The van der Waals surface area contributed by atoms with Crippen LogP contribution in [0.5, 0.6) is 5.75 Å². The Hall–Kier alpha value is -2.77. The maximum atomic E-state index is 12.2. The van der Waals surface area contributed by atoms with E-state index in [1.807, 2.05) is 19.1 Å². The monoisotopic (exact) mass is 458 g/mol. The number of benzene rings is 2. The average molecular weight is 459 g/mol. The van der Waals surface area contributed by atoms with Crippen LogP contribution in [0.4, 0.5) is 5.69 Å². The number of carbonyl (C=O) groups excluding carboxylic acids is 2. The molecule has 7 nitrogen and oxygen atoms in total. The molecule has 2 amide bonds. The molecule has 0 bridgehead atoms. The Morgan fingerprint density at radius 3 is 2.53 bits per heavy atom. The van der Waals surface area contributed by atoms with Crippen molar-refractivity contribution in [2.24, 2.45) is 5.92 Å². The summed E-state index contributed by atoms with van der Waals surface area (Å²) in [7, 11) is 0. The van der Waals surface area contributed by atoms with Gasteiger partial charge in [-0.15, -0.1) is 0 Å². The van der Waals surface area contributed by atoms with Crippen molar-refractivity contribution in [3.63, 3.8) is 0 Å². The first kappa shape index (κ1) is 23.9. The van der Waals surface area contributed by atoms with Gasteiger partial charge in [0.05, 0.1) is 18.7 Å². The van der Waals surface area contributed by atoms with Crippen LogP contribution in [-0.4, -0.2) is 49.5 Å². The Morgan fingerprint density at radius 2 is 1.84 bits per heavy atom. The number of rotatable bonds is 9. The van der Waals surface area contributed by atoms with Crippen LogP contribution >= 0.6 is 11.6 Å². The molecule has 1 aliphatic heterocycles. The summed E-state index contributed by atoms with van der Waals surface area (Å²) in [4.78, 5) is 26.8. The van der Waals surface area contributed by atoms with Gasteiger partial charge in [-0.2, -0.15) is 0 Å². The number of anilines is 1. The van der Waals surface area contributed by atoms with Gasteiger partial charge in [0.2, 0.25) is 5.91 Å². The molecule has 1 aliphatic rings. The number of ether oxygens (including phenoxy) is 1. The number of nitrogens with one attached hydrogen (secondary N) is 2. The molecule has 32 heavy (non-hydrogen) atoms. The zero-order chi connectivity index (χ0) is 22.9. The van der Waals surface area contributed by atoms with E-state index >= 15 is 0 Å². The third-order valence-corrected chi connectivity index (χ3v) is 5.84. The van der Waals surface area contributed by atoms with E-state index in [9.17, 15) is 9.59 Å². The highest BCUT2D eigenvalue weighted by atomic mass is 35.5. The van der Waals surface area contributed by atoms with Gasteiger partial charge in [0, 0.05) is 23.8 Å². The lowest BCUT2D eigenvalue weighted by Gasteiger charge is -2.32. The van der Waals surface area contributed by atoms with Crippen molar-refractivity contribution >= 4 is 29.1 Å². The summed E-state index contributed by atoms with van der Waals surface area (Å²) in [5.41, 5.74) is 7.67. The fourth-order valence-electron chi connectivity index (χ4n) is 3.77. The zero-order valence-electron chi connectivity index (χ0n) is 18.4. The fraction of sp³-hybridized carbons (Fsp3) is 0.417. The molecule has 2 aromatic carbocycles. The standard InChI is InChI=1S/C24H31ClN4O3/c1-2-32-20-6-3-18(4-7-20)16-29-11-9-17(10-12-29)14-27-23(30)15-28-24(31)21-13-19(25)5-8-22(21)26/h3-8,13,17H,2,9-12,14-16,26H2,1H3,(H,27,30)(H,28,31). The number of likely N-dealkylation sites (tertiary alicyclic amines) is 1. The summed E-state index contributed by atoms with van der Waals surface area (Å²) in [6.45, 7) is 6.09. The van der Waals surface area contributed by atoms with Crippen molar-refractivity contribution in [1.82, 2.24) is 15.5 Å². The van der Waals surface area contributed by atoms with Crippen LogP contribution < -0.4 is 21.1 Å². The first-order chi connectivity index (χ1) is 15.4. The van der Waals surface area contributed by atoms with Crippen LogP contribution in [0.1, 0.15) is 35.7 Å². The molecule has 8 heteroatoms. The molecule has 3 rings (SSSR count). The van der Waals surface area contributed by atoms with Gasteiger partial charge in [0.25, 0.3) is 5.91 Å². The molecule has 1 heterocycles. The Morgan fingerprint density at radius 1 is 1.12 bits per heavy atom. The number of hydrogen-bond acceptors (Lipinski definition) is 5. The van der Waals surface area contributed by atoms with Gasteiger partial charge in [-0.3, -0.25) is 14.5 Å². The predicted octanol–water partition coefficient (Wildman–Crippen LogP) is 3.08. The first-order valence-corrected chi connectivity index (χ1v) is 11.4. The number of nitrogens with zero attached hydrogens (tertiary/aromatic N) is 1. The third-order valence-electron chi connectivity index (χ3n) is 5.61. The van der Waals surface area contributed by atoms with E-state index in [-0.39, 0.29) is 18.0 Å². The minimum atomic E-state index is -0.414. The minimum Gasteiger partial charge on any atom is -0.494 e. The van der Waals surface area contributed by atoms with Crippen LogP contribution in [0.15, 0.2) is 42.5 Å². The molecule has 0 spiro atoms. The largest absolute Gasteiger partial charge is 0.494 e. The molecule has 1 fully saturated rings. The Labute approximate surface area is 194 Å². The van der Waals surface area contributed by atoms with Gasteiger partial charge in [-0.05, 0) is 74.7 Å². The minimum absolute atomic E-state index is 0.0959. The molecular formula is C24H31ClN4O3. The molecule has 2 aromatic rings. The molecular weight excluding hydrogens is 428 g/mol. The van der Waals surface area contributed by atoms with E-state index in [0.717, 1.165) is 38.2 Å². The summed E-state index contributed by atoms with van der Waals surface area (Å²) in [5, 5.41) is 5.94. The van der Waals surface area contributed by atoms with Gasteiger partial charge < -0.3 is 21.1 Å². The molecule has 0 unspecified atom stereocenters. The molecule has 0 atom stereocenters. The Balaban J connectivity index is 1.34. The zero-order valence-corrected chi connectivity index (χ0v) is 19.2. The van der Waals surface area contributed by atoms with Gasteiger partial charge in [-0.25, -0.2) is 0 Å². The lowest BCUT2D eigenvalue weighted by atomic mass is 9.96. The number of carbonyl (C=O) groups is 2. The number of halogens is 1. The van der Waals surface area contributed by atoms with Crippen LogP contribution in [-0.2, 0) is 11.3 Å². The highest BCUT2D eigenvalue weighted by Crippen LogP contribution is 2.20. The maximum absolute atomic E-state index is 12.2. The van der Waals surface area contributed by atoms with Crippen molar-refractivity contribution in [2.75, 3.05) is 38.5 Å². The van der Waals surface area contributed by atoms with E-state index in [4.69, 9.17) is 22.1 Å². The SMILES string of the molecule is CCOc1ccc(CN2CCC(CNC(=O)CNC(=O)c3cc(Cl)ccc3N)CC2)cc1. The summed E-state index contributed by atoms with van der Waals surface area (Å²) in [6, 6.07) is 12.9. The molecule has 172 valence electrons. The predicted molar refractivity (Wildman–Crippen MR) is 127 cm³/mol. The van der Waals surface area contributed by atoms with Crippen LogP contribution in [0, 0.1) is 5.92 Å². The van der Waals surface area contributed by atoms with Crippen LogP contribution in [0.3, 0.4) is 0 Å². The third kappa shape index (κ3) is 7.14. The van der Waals surface area contributed by atoms with Gasteiger partial charge in [-0.1, -0.05) is 23.7 Å². The van der Waals surface area contributed by atoms with E-state index in [0.29, 0.717) is 29.8 Å². The molecule has 0 saturated carbocycles. The van der Waals surface area contributed by atoms with E-state index in [1.165, 1.54) is 11.6 Å². The second-order valence-electron chi connectivity index (χ2n) is 8.01. The normalized spacial score (nSPS) is 14.7. The lowest BCUT2D eigenvalue weighted by molar-refractivity contribution is -0.120. The highest BCUT2D eigenvalue weighted by Gasteiger charge is 2.20. The fourth-order valence-corrected chi connectivity index (χ4v) is 3.94. The maximum Gasteiger partial charge on any atom is 0.253 e. The topological polar surface area (TPSA) is 96.7 Å². The Kier molecular flexibility index (Phi) is 8.76. The lowest BCUT2D eigenvalue weighted by Crippen LogP contribution is -2.41. The van der Waals surface area contributed by atoms with Crippen LogP contribution in [0.25, 0.3) is 0 Å². The molecule has 1 saturated heterocycles. The van der Waals surface area contributed by atoms with Gasteiger partial charge in [0.1, 0.15) is 5.75 Å². The Bertz CT molecular complexity index is 912. The average Bonchev–Trinajstić information content (AvgIpc) is 2.80. The summed E-state index contributed by atoms with van der Waals surface area (Å²) < 4.78 is 5.49. The molecule has 4 N–H and O–H groups in total. The van der Waals surface area contributed by atoms with E-state index in [1.54, 1.807) is 12.1 Å². The second-order valence-corrected chi connectivity index (χ2v) is 8.45. The molecule has 0 radical (unpaired) electrons. The highest BCUT2D eigenvalue weighted by molar-refractivity contribution is 6.31. The quantitative estimate of drug-likeness (QED) is 0.502. The number of piperidine rings is 1. The van der Waals surface area contributed by atoms with Crippen molar-refractivity contribution in [1.29, 1.82) is 0 Å². The van der Waals surface area contributed by atoms with Crippen molar-refractivity contribution in [2.45, 2.75) is 26.3 Å². The summed E-state index contributed by atoms with van der Waals surface area (Å²) in [5.74, 6) is 0.714. The van der Waals surface area contributed by atoms with E-state index in [2.05, 4.69) is 27.7 Å². The smallest absolute Gasteiger partial charge is 0.253 e. The first-order valence-electron chi connectivity index (χ1n) is 11.0. The van der Waals surface area contributed by atoms with Crippen molar-refractivity contribution in [3.8, 4) is 5.75 Å². The van der Waals surface area contributed by atoms with Gasteiger partial charge >= 0.3 is 0 Å². The summed E-state index contributed by atoms with van der Waals surface area (Å²) >= 11 is 5.91. The number of hydrogen-bond donors (Lipinski definition) is 3.